The third kappa shape index (κ3) is 8.83. The van der Waals surface area contributed by atoms with Gasteiger partial charge in [0, 0.05) is 6.61 Å². The van der Waals surface area contributed by atoms with Crippen molar-refractivity contribution in [3.8, 4) is 0 Å². The van der Waals surface area contributed by atoms with Crippen molar-refractivity contribution in [1.82, 2.24) is 0 Å². The Kier molecular flexibility index (Phi) is 13.0. The van der Waals surface area contributed by atoms with Crippen molar-refractivity contribution in [1.29, 1.82) is 0 Å². The highest BCUT2D eigenvalue weighted by Crippen LogP contribution is 2.30. The molecule has 26 heavy (non-hydrogen) atoms. The van der Waals surface area contributed by atoms with Crippen LogP contribution >= 0.6 is 0 Å². The third-order valence-corrected chi connectivity index (χ3v) is 8.94. The Morgan fingerprint density at radius 1 is 0.769 bits per heavy atom. The van der Waals surface area contributed by atoms with E-state index in [0.717, 1.165) is 25.1 Å². The van der Waals surface area contributed by atoms with Crippen LogP contribution in [0, 0.1) is 0 Å². The average molecular weight is 379 g/mol. The van der Waals surface area contributed by atoms with Crippen LogP contribution in [0.2, 0.25) is 12.1 Å². The number of rotatable bonds is 16. The lowest BCUT2D eigenvalue weighted by molar-refractivity contribution is 0.108. The average Bonchev–Trinajstić information content (AvgIpc) is 2.70. The first-order valence-corrected chi connectivity index (χ1v) is 13.3. The van der Waals surface area contributed by atoms with E-state index < -0.39 is 8.56 Å². The molecule has 0 N–H and O–H groups in total. The highest BCUT2D eigenvalue weighted by molar-refractivity contribution is 6.67. The van der Waals surface area contributed by atoms with Gasteiger partial charge in [-0.1, -0.05) is 103 Å². The molecule has 1 rings (SSSR count). The number of hydrogen-bond donors (Lipinski definition) is 0. The van der Waals surface area contributed by atoms with Gasteiger partial charge in [0.05, 0.1) is 6.10 Å². The third-order valence-electron chi connectivity index (χ3n) is 5.34. The Morgan fingerprint density at radius 2 is 1.35 bits per heavy atom. The van der Waals surface area contributed by atoms with Crippen molar-refractivity contribution in [2.24, 2.45) is 0 Å². The van der Waals surface area contributed by atoms with E-state index in [-0.39, 0.29) is 6.10 Å². The maximum absolute atomic E-state index is 6.66. The van der Waals surface area contributed by atoms with Crippen LogP contribution in [-0.2, 0) is 8.85 Å². The van der Waals surface area contributed by atoms with Crippen molar-refractivity contribution in [3.05, 3.63) is 35.9 Å². The van der Waals surface area contributed by atoms with Crippen LogP contribution in [0.15, 0.2) is 30.3 Å². The van der Waals surface area contributed by atoms with Gasteiger partial charge in [-0.2, -0.15) is 0 Å². The normalized spacial score (nSPS) is 13.1. The summed E-state index contributed by atoms with van der Waals surface area (Å²) in [6, 6.07) is 12.7. The highest BCUT2D eigenvalue weighted by Gasteiger charge is 2.36. The fraction of sp³-hybridized carbons (Fsp3) is 0.739. The van der Waals surface area contributed by atoms with Gasteiger partial charge in [-0.3, -0.25) is 0 Å². The van der Waals surface area contributed by atoms with Gasteiger partial charge >= 0.3 is 8.56 Å². The lowest BCUT2D eigenvalue weighted by Crippen LogP contribution is -2.42. The Bertz CT molecular complexity index is 431. The molecule has 1 aromatic carbocycles. The smallest absolute Gasteiger partial charge is 0.338 e. The van der Waals surface area contributed by atoms with E-state index in [1.165, 1.54) is 56.9 Å². The van der Waals surface area contributed by atoms with Gasteiger partial charge in [0.2, 0.25) is 0 Å². The van der Waals surface area contributed by atoms with Crippen LogP contribution in [0.4, 0.5) is 0 Å². The summed E-state index contributed by atoms with van der Waals surface area (Å²) in [5, 5.41) is 0. The molecule has 1 aromatic rings. The molecule has 0 saturated carbocycles. The molecule has 2 nitrogen and oxygen atoms in total. The molecule has 3 heteroatoms. The van der Waals surface area contributed by atoms with Crippen LogP contribution in [0.25, 0.3) is 0 Å². The molecule has 0 saturated heterocycles. The van der Waals surface area contributed by atoms with Crippen molar-refractivity contribution in [2.45, 2.75) is 104 Å². The molecule has 0 aliphatic heterocycles. The number of benzene rings is 1. The molecule has 1 unspecified atom stereocenters. The molecule has 0 aliphatic carbocycles. The molecule has 150 valence electrons. The maximum Gasteiger partial charge on any atom is 0.338 e. The predicted molar refractivity (Wildman–Crippen MR) is 116 cm³/mol. The summed E-state index contributed by atoms with van der Waals surface area (Å²) in [7, 11) is -2.10. The zero-order valence-electron chi connectivity index (χ0n) is 17.8. The van der Waals surface area contributed by atoms with E-state index in [0.29, 0.717) is 0 Å². The van der Waals surface area contributed by atoms with E-state index in [2.05, 4.69) is 58.0 Å². The number of unbranched alkanes of at least 4 members (excludes halogenated alkanes) is 7. The minimum atomic E-state index is -2.10. The Hall–Kier alpha value is -0.643. The standard InChI is InChI=1S/C23H42O2Si/c1-5-9-10-11-12-13-14-18-21-24-26(7-3,8-4)25-23(6-2)22-19-16-15-17-20-22/h15-17,19-20,23H,5-14,18,21H2,1-4H3. The van der Waals surface area contributed by atoms with Crippen LogP contribution in [0.5, 0.6) is 0 Å². The Labute approximate surface area is 163 Å². The van der Waals surface area contributed by atoms with E-state index in [1.54, 1.807) is 0 Å². The number of hydrogen-bond acceptors (Lipinski definition) is 2. The summed E-state index contributed by atoms with van der Waals surface area (Å²) in [5.74, 6) is 0. The first-order valence-electron chi connectivity index (χ1n) is 11.1. The first-order chi connectivity index (χ1) is 12.7. The van der Waals surface area contributed by atoms with Crippen LogP contribution < -0.4 is 0 Å². The van der Waals surface area contributed by atoms with E-state index >= 15 is 0 Å². The van der Waals surface area contributed by atoms with Gasteiger partial charge in [0.1, 0.15) is 0 Å². The van der Waals surface area contributed by atoms with Crippen LogP contribution in [0.1, 0.15) is 97.1 Å². The fourth-order valence-electron chi connectivity index (χ4n) is 3.46. The van der Waals surface area contributed by atoms with Gasteiger partial charge in [0.25, 0.3) is 0 Å². The summed E-state index contributed by atoms with van der Waals surface area (Å²) in [4.78, 5) is 0. The van der Waals surface area contributed by atoms with Crippen molar-refractivity contribution < 1.29 is 8.85 Å². The van der Waals surface area contributed by atoms with Gasteiger partial charge < -0.3 is 8.85 Å². The predicted octanol–water partition coefficient (Wildman–Crippen LogP) is 7.79. The largest absolute Gasteiger partial charge is 0.394 e. The Morgan fingerprint density at radius 3 is 1.88 bits per heavy atom. The van der Waals surface area contributed by atoms with Crippen molar-refractivity contribution in [2.75, 3.05) is 6.61 Å². The summed E-state index contributed by atoms with van der Waals surface area (Å²) >= 11 is 0. The molecule has 0 aromatic heterocycles. The van der Waals surface area contributed by atoms with E-state index in [9.17, 15) is 0 Å². The van der Waals surface area contributed by atoms with Gasteiger partial charge in [-0.25, -0.2) is 0 Å². The second-order valence-corrected chi connectivity index (χ2v) is 11.1. The summed E-state index contributed by atoms with van der Waals surface area (Å²) in [6.07, 6.45) is 11.9. The van der Waals surface area contributed by atoms with Gasteiger partial charge in [-0.05, 0) is 30.5 Å². The summed E-state index contributed by atoms with van der Waals surface area (Å²) in [5.41, 5.74) is 1.28. The molecule has 0 fully saturated rings. The molecule has 0 spiro atoms. The fourth-order valence-corrected chi connectivity index (χ4v) is 6.11. The SMILES string of the molecule is CCCCCCCCCCO[Si](CC)(CC)OC(CC)c1ccccc1. The molecule has 0 bridgehead atoms. The zero-order chi connectivity index (χ0) is 19.1. The quantitative estimate of drug-likeness (QED) is 0.216. The van der Waals surface area contributed by atoms with Crippen molar-refractivity contribution in [3.63, 3.8) is 0 Å². The molecule has 0 radical (unpaired) electrons. The molecule has 0 aliphatic rings. The molecule has 0 amide bonds. The minimum Gasteiger partial charge on any atom is -0.394 e. The van der Waals surface area contributed by atoms with Gasteiger partial charge in [0.15, 0.2) is 0 Å². The van der Waals surface area contributed by atoms with Gasteiger partial charge in [-0.15, -0.1) is 0 Å². The summed E-state index contributed by atoms with van der Waals surface area (Å²) < 4.78 is 13.1. The lowest BCUT2D eigenvalue weighted by atomic mass is 10.1. The van der Waals surface area contributed by atoms with Crippen molar-refractivity contribution >= 4 is 8.56 Å². The van der Waals surface area contributed by atoms with E-state index in [4.69, 9.17) is 8.85 Å². The second-order valence-electron chi connectivity index (χ2n) is 7.37. The van der Waals surface area contributed by atoms with E-state index in [1.807, 2.05) is 0 Å². The lowest BCUT2D eigenvalue weighted by Gasteiger charge is -2.33. The topological polar surface area (TPSA) is 18.5 Å². The van der Waals surface area contributed by atoms with Crippen LogP contribution in [-0.4, -0.2) is 15.2 Å². The molecular weight excluding hydrogens is 336 g/mol. The molecular formula is C23H42O2Si. The first kappa shape index (κ1) is 23.4. The highest BCUT2D eigenvalue weighted by atomic mass is 28.4. The second kappa shape index (κ2) is 14.4. The zero-order valence-corrected chi connectivity index (χ0v) is 18.8. The Balaban J connectivity index is 2.38. The van der Waals surface area contributed by atoms with Crippen LogP contribution in [0.3, 0.4) is 0 Å². The molecule has 0 heterocycles. The minimum absolute atomic E-state index is 0.168. The summed E-state index contributed by atoms with van der Waals surface area (Å²) in [6.45, 7) is 9.83. The monoisotopic (exact) mass is 378 g/mol. The molecule has 1 atom stereocenters. The maximum atomic E-state index is 6.66.